The van der Waals surface area contributed by atoms with E-state index in [1.165, 1.54) is 30.3 Å². The largest absolute Gasteiger partial charge is 0.449 e. The van der Waals surface area contributed by atoms with Crippen LogP contribution < -0.4 is 5.32 Å². The number of carbonyl (C=O) groups excluding carboxylic acids is 2. The van der Waals surface area contributed by atoms with Crippen LogP contribution >= 0.6 is 0 Å². The summed E-state index contributed by atoms with van der Waals surface area (Å²) in [6, 6.07) is 9.75. The number of alkyl halides is 3. The van der Waals surface area contributed by atoms with Crippen molar-refractivity contribution in [2.24, 2.45) is 0 Å². The van der Waals surface area contributed by atoms with Crippen LogP contribution in [0.4, 0.5) is 18.0 Å². The maximum Gasteiger partial charge on any atom is 0.423 e. The normalized spacial score (nSPS) is 11.6. The lowest BCUT2D eigenvalue weighted by Crippen LogP contribution is -2.33. The Morgan fingerprint density at radius 3 is 2.32 bits per heavy atom. The fourth-order valence-electron chi connectivity index (χ4n) is 2.56. The summed E-state index contributed by atoms with van der Waals surface area (Å²) in [7, 11) is -2.98. The predicted octanol–water partition coefficient (Wildman–Crippen LogP) is 3.45. The molecule has 0 heterocycles. The number of nitrogens with one attached hydrogen (secondary N) is 1. The number of rotatable bonds is 7. The maximum absolute atomic E-state index is 12.8. The van der Waals surface area contributed by atoms with Crippen molar-refractivity contribution >= 4 is 22.0 Å². The third-order valence-electron chi connectivity index (χ3n) is 4.26. The summed E-state index contributed by atoms with van der Waals surface area (Å²) in [5.41, 5.74) is -0.343. The second-order valence-corrected chi connectivity index (χ2v) is 8.37. The lowest BCUT2D eigenvalue weighted by Gasteiger charge is -2.17. The summed E-state index contributed by atoms with van der Waals surface area (Å²) in [5, 5.41) is 2.52. The van der Waals surface area contributed by atoms with Crippen LogP contribution in [-0.2, 0) is 27.4 Å². The van der Waals surface area contributed by atoms with E-state index in [9.17, 15) is 31.2 Å². The molecule has 0 saturated carbocycles. The average Bonchev–Trinajstić information content (AvgIpc) is 2.73. The van der Waals surface area contributed by atoms with Crippen molar-refractivity contribution in [3.05, 3.63) is 65.2 Å². The Labute approximate surface area is 177 Å². The zero-order valence-corrected chi connectivity index (χ0v) is 17.6. The van der Waals surface area contributed by atoms with Crippen molar-refractivity contribution in [3.8, 4) is 0 Å². The number of hydrogen-bond donors (Lipinski definition) is 1. The van der Waals surface area contributed by atoms with Crippen LogP contribution in [-0.4, -0.2) is 44.9 Å². The van der Waals surface area contributed by atoms with Crippen LogP contribution in [0.5, 0.6) is 0 Å². The van der Waals surface area contributed by atoms with E-state index in [2.05, 4.69) is 10.1 Å². The van der Waals surface area contributed by atoms with Crippen LogP contribution in [0, 0.1) is 0 Å². The highest BCUT2D eigenvalue weighted by Gasteiger charge is 2.31. The molecule has 11 heteroatoms. The minimum Gasteiger partial charge on any atom is -0.449 e. The number of amides is 2. The molecule has 0 saturated heterocycles. The lowest BCUT2D eigenvalue weighted by atomic mass is 10.1. The molecule has 0 fully saturated rings. The minimum atomic E-state index is -4.54. The first-order valence-electron chi connectivity index (χ1n) is 9.17. The first-order chi connectivity index (χ1) is 14.5. The molecule has 2 aromatic rings. The highest BCUT2D eigenvalue weighted by molar-refractivity contribution is 7.89. The van der Waals surface area contributed by atoms with Crippen LogP contribution in [0.3, 0.4) is 0 Å². The zero-order chi connectivity index (χ0) is 23.2. The molecule has 0 radical (unpaired) electrons. The molecule has 2 amide bonds. The van der Waals surface area contributed by atoms with Gasteiger partial charge in [0.1, 0.15) is 0 Å². The monoisotopic (exact) mass is 458 g/mol. The highest BCUT2D eigenvalue weighted by atomic mass is 32.2. The van der Waals surface area contributed by atoms with Gasteiger partial charge in [0.25, 0.3) is 15.9 Å². The van der Waals surface area contributed by atoms with Crippen LogP contribution in [0.2, 0.25) is 0 Å². The predicted molar refractivity (Wildman–Crippen MR) is 106 cm³/mol. The Morgan fingerprint density at radius 1 is 1.10 bits per heavy atom. The molecule has 0 unspecified atom stereocenters. The molecule has 0 aliphatic rings. The summed E-state index contributed by atoms with van der Waals surface area (Å²) in [4.78, 5) is 23.6. The van der Waals surface area contributed by atoms with Gasteiger partial charge in [-0.25, -0.2) is 17.5 Å². The number of hydrogen-bond acceptors (Lipinski definition) is 5. The van der Waals surface area contributed by atoms with Crippen molar-refractivity contribution in [2.75, 3.05) is 20.2 Å². The smallest absolute Gasteiger partial charge is 0.423 e. The maximum atomic E-state index is 12.8. The van der Waals surface area contributed by atoms with Crippen LogP contribution in [0.15, 0.2) is 53.4 Å². The van der Waals surface area contributed by atoms with E-state index in [1.807, 2.05) is 0 Å². The quantitative estimate of drug-likeness (QED) is 0.686. The molecule has 31 heavy (non-hydrogen) atoms. The summed E-state index contributed by atoms with van der Waals surface area (Å²) < 4.78 is 68.2. The van der Waals surface area contributed by atoms with E-state index in [1.54, 1.807) is 6.92 Å². The summed E-state index contributed by atoms with van der Waals surface area (Å²) >= 11 is 0. The standard InChI is InChI=1S/C20H21F3N2O5S/c1-3-30-19(27)25(2)31(28,29)17-9-7-14(8-10-17)11-12-24-18(26)15-5-4-6-16(13-15)20(21,22)23/h4-10,13H,3,11-12H2,1-2H3,(H,24,26). The first-order valence-corrected chi connectivity index (χ1v) is 10.6. The lowest BCUT2D eigenvalue weighted by molar-refractivity contribution is -0.137. The topological polar surface area (TPSA) is 92.8 Å². The van der Waals surface area contributed by atoms with E-state index < -0.39 is 33.8 Å². The molecule has 1 N–H and O–H groups in total. The van der Waals surface area contributed by atoms with Crippen molar-refractivity contribution in [1.82, 2.24) is 9.62 Å². The number of halogens is 3. The van der Waals surface area contributed by atoms with E-state index >= 15 is 0 Å². The fourth-order valence-corrected chi connectivity index (χ4v) is 3.60. The van der Waals surface area contributed by atoms with Crippen LogP contribution in [0.1, 0.15) is 28.4 Å². The van der Waals surface area contributed by atoms with Crippen LogP contribution in [0.25, 0.3) is 0 Å². The average molecular weight is 458 g/mol. The van der Waals surface area contributed by atoms with Crippen molar-refractivity contribution < 1.29 is 35.9 Å². The van der Waals surface area contributed by atoms with Crippen molar-refractivity contribution in [1.29, 1.82) is 0 Å². The molecule has 0 bridgehead atoms. The Kier molecular flexibility index (Phi) is 7.66. The van der Waals surface area contributed by atoms with Gasteiger partial charge in [0.05, 0.1) is 17.1 Å². The molecule has 0 spiro atoms. The van der Waals surface area contributed by atoms with Gasteiger partial charge in [-0.2, -0.15) is 13.2 Å². The highest BCUT2D eigenvalue weighted by Crippen LogP contribution is 2.29. The van der Waals surface area contributed by atoms with Crippen molar-refractivity contribution in [3.63, 3.8) is 0 Å². The van der Waals surface area contributed by atoms with Gasteiger partial charge in [0, 0.05) is 19.2 Å². The van der Waals surface area contributed by atoms with Gasteiger partial charge in [-0.15, -0.1) is 0 Å². The number of ether oxygens (including phenoxy) is 1. The van der Waals surface area contributed by atoms with Crippen molar-refractivity contribution in [2.45, 2.75) is 24.4 Å². The third kappa shape index (κ3) is 6.20. The Balaban J connectivity index is 1.97. The second kappa shape index (κ2) is 9.82. The summed E-state index contributed by atoms with van der Waals surface area (Å²) in [6.07, 6.45) is -5.22. The molecule has 0 aromatic heterocycles. The molecule has 0 aliphatic carbocycles. The molecule has 2 aromatic carbocycles. The molecular formula is C20H21F3N2O5S. The number of benzene rings is 2. The number of sulfonamides is 1. The number of nitrogens with zero attached hydrogens (tertiary/aromatic N) is 1. The molecule has 0 atom stereocenters. The van der Waals surface area contributed by atoms with Gasteiger partial charge >= 0.3 is 12.3 Å². The Hall–Kier alpha value is -3.08. The second-order valence-electron chi connectivity index (χ2n) is 6.40. The SMILES string of the molecule is CCOC(=O)N(C)S(=O)(=O)c1ccc(CCNC(=O)c2cccc(C(F)(F)F)c2)cc1. The fraction of sp³-hybridized carbons (Fsp3) is 0.300. The van der Waals surface area contributed by atoms with Gasteiger partial charge < -0.3 is 10.1 Å². The van der Waals surface area contributed by atoms with Gasteiger partial charge in [-0.1, -0.05) is 18.2 Å². The van der Waals surface area contributed by atoms with Gasteiger partial charge in [0.15, 0.2) is 0 Å². The zero-order valence-electron chi connectivity index (χ0n) is 16.8. The molecule has 0 aliphatic heterocycles. The minimum absolute atomic E-state index is 0.0316. The summed E-state index contributed by atoms with van der Waals surface area (Å²) in [6.45, 7) is 1.71. The van der Waals surface area contributed by atoms with E-state index in [0.29, 0.717) is 16.3 Å². The van der Waals surface area contributed by atoms with E-state index in [4.69, 9.17) is 0 Å². The van der Waals surface area contributed by atoms with Gasteiger partial charge in [-0.05, 0) is 49.2 Å². The molecular weight excluding hydrogens is 437 g/mol. The molecule has 2 rings (SSSR count). The summed E-state index contributed by atoms with van der Waals surface area (Å²) in [5.74, 6) is -0.652. The molecule has 7 nitrogen and oxygen atoms in total. The molecule has 168 valence electrons. The Morgan fingerprint density at radius 2 is 1.74 bits per heavy atom. The van der Waals surface area contributed by atoms with Gasteiger partial charge in [-0.3, -0.25) is 4.79 Å². The van der Waals surface area contributed by atoms with E-state index in [-0.39, 0.29) is 23.6 Å². The number of carbonyl (C=O) groups is 2. The van der Waals surface area contributed by atoms with E-state index in [0.717, 1.165) is 25.2 Å². The van der Waals surface area contributed by atoms with Gasteiger partial charge in [0.2, 0.25) is 0 Å². The Bertz CT molecular complexity index is 1040. The first kappa shape index (κ1) is 24.2. The third-order valence-corrected chi connectivity index (χ3v) is 6.00.